The molecule has 0 saturated heterocycles. The van der Waals surface area contributed by atoms with E-state index >= 15 is 0 Å². The van der Waals surface area contributed by atoms with Gasteiger partial charge in [0.1, 0.15) is 5.75 Å². The molecule has 1 aliphatic carbocycles. The van der Waals surface area contributed by atoms with Gasteiger partial charge in [-0.15, -0.1) is 0 Å². The Kier molecular flexibility index (Phi) is 5.06. The first-order valence-corrected chi connectivity index (χ1v) is 7.70. The molecule has 0 aromatic heterocycles. The molecule has 0 unspecified atom stereocenters. The summed E-state index contributed by atoms with van der Waals surface area (Å²) >= 11 is 0. The zero-order valence-corrected chi connectivity index (χ0v) is 12.9. The SMILES string of the molecule is CCCNC1CCC(O)(c2cc(C)ccc2OC)CC1. The molecule has 0 heterocycles. The lowest BCUT2D eigenvalue weighted by Crippen LogP contribution is -2.40. The van der Waals surface area contributed by atoms with Crippen molar-refractivity contribution in [2.45, 2.75) is 57.6 Å². The van der Waals surface area contributed by atoms with Crippen LogP contribution in [0.1, 0.15) is 50.2 Å². The fourth-order valence-electron chi connectivity index (χ4n) is 3.10. The molecule has 1 aliphatic rings. The minimum atomic E-state index is -0.734. The molecular weight excluding hydrogens is 250 g/mol. The highest BCUT2D eigenvalue weighted by molar-refractivity contribution is 5.41. The van der Waals surface area contributed by atoms with Crippen LogP contribution in [0.25, 0.3) is 0 Å². The third kappa shape index (κ3) is 3.33. The van der Waals surface area contributed by atoms with Gasteiger partial charge in [0.15, 0.2) is 0 Å². The standard InChI is InChI=1S/C17H27NO2/c1-4-11-18-14-7-9-17(19,10-8-14)15-12-13(2)5-6-16(15)20-3/h5-6,12,14,18-19H,4,7-11H2,1-3H3. The molecule has 0 radical (unpaired) electrons. The number of methoxy groups -OCH3 is 1. The van der Waals surface area contributed by atoms with E-state index in [0.717, 1.165) is 50.0 Å². The molecular formula is C17H27NO2. The summed E-state index contributed by atoms with van der Waals surface area (Å²) in [6.07, 6.45) is 4.80. The maximum Gasteiger partial charge on any atom is 0.124 e. The average molecular weight is 277 g/mol. The van der Waals surface area contributed by atoms with Crippen molar-refractivity contribution in [1.29, 1.82) is 0 Å². The molecule has 2 rings (SSSR count). The highest BCUT2D eigenvalue weighted by Crippen LogP contribution is 2.41. The van der Waals surface area contributed by atoms with Crippen LogP contribution < -0.4 is 10.1 Å². The molecule has 2 N–H and O–H groups in total. The van der Waals surface area contributed by atoms with Gasteiger partial charge in [-0.25, -0.2) is 0 Å². The maximum absolute atomic E-state index is 11.0. The van der Waals surface area contributed by atoms with Gasteiger partial charge in [-0.2, -0.15) is 0 Å². The summed E-state index contributed by atoms with van der Waals surface area (Å²) in [5.41, 5.74) is 1.39. The van der Waals surface area contributed by atoms with E-state index in [2.05, 4.69) is 25.2 Å². The summed E-state index contributed by atoms with van der Waals surface area (Å²) in [4.78, 5) is 0. The molecule has 1 fully saturated rings. The van der Waals surface area contributed by atoms with Gasteiger partial charge in [0.25, 0.3) is 0 Å². The van der Waals surface area contributed by atoms with Crippen molar-refractivity contribution in [2.24, 2.45) is 0 Å². The number of benzene rings is 1. The molecule has 1 aromatic carbocycles. The van der Waals surface area contributed by atoms with Crippen molar-refractivity contribution in [1.82, 2.24) is 5.32 Å². The molecule has 0 bridgehead atoms. The quantitative estimate of drug-likeness (QED) is 0.869. The highest BCUT2D eigenvalue weighted by Gasteiger charge is 2.36. The van der Waals surface area contributed by atoms with Gasteiger partial charge >= 0.3 is 0 Å². The summed E-state index contributed by atoms with van der Waals surface area (Å²) in [6, 6.07) is 6.61. The second-order valence-electron chi connectivity index (χ2n) is 5.96. The van der Waals surface area contributed by atoms with Crippen LogP contribution in [-0.2, 0) is 5.60 Å². The van der Waals surface area contributed by atoms with Crippen LogP contribution in [0.15, 0.2) is 18.2 Å². The number of hydrogen-bond acceptors (Lipinski definition) is 3. The predicted octanol–water partition coefficient (Wildman–Crippen LogP) is 3.13. The lowest BCUT2D eigenvalue weighted by atomic mass is 9.77. The molecule has 0 spiro atoms. The van der Waals surface area contributed by atoms with Gasteiger partial charge in [0.05, 0.1) is 12.7 Å². The number of aliphatic hydroxyl groups is 1. The Morgan fingerprint density at radius 2 is 2.05 bits per heavy atom. The Hall–Kier alpha value is -1.06. The molecule has 3 nitrogen and oxygen atoms in total. The molecule has 0 atom stereocenters. The van der Waals surface area contributed by atoms with E-state index in [1.807, 2.05) is 12.1 Å². The minimum Gasteiger partial charge on any atom is -0.496 e. The Labute approximate surface area is 122 Å². The van der Waals surface area contributed by atoms with E-state index in [0.29, 0.717) is 6.04 Å². The Morgan fingerprint density at radius 1 is 1.35 bits per heavy atom. The molecule has 0 aliphatic heterocycles. The fraction of sp³-hybridized carbons (Fsp3) is 0.647. The predicted molar refractivity (Wildman–Crippen MR) is 82.2 cm³/mol. The second kappa shape index (κ2) is 6.59. The Bertz CT molecular complexity index is 437. The first kappa shape index (κ1) is 15.3. The lowest BCUT2D eigenvalue weighted by Gasteiger charge is -2.37. The molecule has 112 valence electrons. The van der Waals surface area contributed by atoms with Gasteiger partial charge in [0.2, 0.25) is 0 Å². The third-order valence-corrected chi connectivity index (χ3v) is 4.35. The average Bonchev–Trinajstić information content (AvgIpc) is 2.47. The second-order valence-corrected chi connectivity index (χ2v) is 5.96. The molecule has 20 heavy (non-hydrogen) atoms. The van der Waals surface area contributed by atoms with Crippen molar-refractivity contribution in [3.05, 3.63) is 29.3 Å². The van der Waals surface area contributed by atoms with E-state index < -0.39 is 5.60 Å². The van der Waals surface area contributed by atoms with Crippen molar-refractivity contribution in [2.75, 3.05) is 13.7 Å². The molecule has 1 saturated carbocycles. The van der Waals surface area contributed by atoms with Crippen molar-refractivity contribution < 1.29 is 9.84 Å². The van der Waals surface area contributed by atoms with E-state index in [1.54, 1.807) is 7.11 Å². The van der Waals surface area contributed by atoms with Crippen LogP contribution in [0.4, 0.5) is 0 Å². The van der Waals surface area contributed by atoms with E-state index in [1.165, 1.54) is 5.56 Å². The lowest BCUT2D eigenvalue weighted by molar-refractivity contribution is -0.0101. The first-order chi connectivity index (χ1) is 9.59. The number of nitrogens with one attached hydrogen (secondary N) is 1. The fourth-order valence-corrected chi connectivity index (χ4v) is 3.10. The summed E-state index contributed by atoms with van der Waals surface area (Å²) in [7, 11) is 1.67. The summed E-state index contributed by atoms with van der Waals surface area (Å²) in [5.74, 6) is 0.804. The van der Waals surface area contributed by atoms with Crippen molar-refractivity contribution in [3.63, 3.8) is 0 Å². The summed E-state index contributed by atoms with van der Waals surface area (Å²) < 4.78 is 5.43. The van der Waals surface area contributed by atoms with Crippen molar-refractivity contribution in [3.8, 4) is 5.75 Å². The van der Waals surface area contributed by atoms with Gasteiger partial charge in [-0.3, -0.25) is 0 Å². The van der Waals surface area contributed by atoms with Crippen LogP contribution in [0.2, 0.25) is 0 Å². The largest absolute Gasteiger partial charge is 0.496 e. The van der Waals surface area contributed by atoms with Crippen LogP contribution in [0, 0.1) is 6.92 Å². The van der Waals surface area contributed by atoms with Crippen molar-refractivity contribution >= 4 is 0 Å². The van der Waals surface area contributed by atoms with E-state index in [-0.39, 0.29) is 0 Å². The van der Waals surface area contributed by atoms with E-state index in [4.69, 9.17) is 4.74 Å². The van der Waals surface area contributed by atoms with Gasteiger partial charge in [0, 0.05) is 11.6 Å². The van der Waals surface area contributed by atoms with Crippen LogP contribution in [-0.4, -0.2) is 24.8 Å². The van der Waals surface area contributed by atoms with Gasteiger partial charge in [-0.05, 0) is 57.7 Å². The molecule has 3 heteroatoms. The normalized spacial score (nSPS) is 26.5. The van der Waals surface area contributed by atoms with Gasteiger partial charge in [-0.1, -0.05) is 18.6 Å². The van der Waals surface area contributed by atoms with Crippen LogP contribution >= 0.6 is 0 Å². The smallest absolute Gasteiger partial charge is 0.124 e. The monoisotopic (exact) mass is 277 g/mol. The maximum atomic E-state index is 11.0. The molecule has 0 amide bonds. The van der Waals surface area contributed by atoms with Gasteiger partial charge < -0.3 is 15.2 Å². The third-order valence-electron chi connectivity index (χ3n) is 4.35. The highest BCUT2D eigenvalue weighted by atomic mass is 16.5. The zero-order chi connectivity index (χ0) is 14.6. The first-order valence-electron chi connectivity index (χ1n) is 7.70. The topological polar surface area (TPSA) is 41.5 Å². The van der Waals surface area contributed by atoms with Crippen LogP contribution in [0.3, 0.4) is 0 Å². The zero-order valence-electron chi connectivity index (χ0n) is 12.9. The Balaban J connectivity index is 2.11. The Morgan fingerprint density at radius 3 is 2.65 bits per heavy atom. The number of ether oxygens (including phenoxy) is 1. The number of rotatable bonds is 5. The summed E-state index contributed by atoms with van der Waals surface area (Å²) in [6.45, 7) is 5.31. The van der Waals surface area contributed by atoms with E-state index in [9.17, 15) is 5.11 Å². The molecule has 1 aromatic rings. The summed E-state index contributed by atoms with van der Waals surface area (Å²) in [5, 5.41) is 14.6. The number of hydrogen-bond donors (Lipinski definition) is 2. The van der Waals surface area contributed by atoms with Crippen LogP contribution in [0.5, 0.6) is 5.75 Å². The minimum absolute atomic E-state index is 0.547. The number of aryl methyl sites for hydroxylation is 1.